The Morgan fingerprint density at radius 3 is 2.87 bits per heavy atom. The predicted octanol–water partition coefficient (Wildman–Crippen LogP) is 2.91. The Morgan fingerprint density at radius 1 is 1.26 bits per heavy atom. The van der Waals surface area contributed by atoms with Crippen molar-refractivity contribution in [1.82, 2.24) is 4.90 Å². The molecule has 1 amide bonds. The molecule has 2 aromatic rings. The van der Waals surface area contributed by atoms with Crippen molar-refractivity contribution >= 4 is 5.91 Å². The molecule has 3 rings (SSSR count). The number of hydrogen-bond donors (Lipinski definition) is 1. The number of benzene rings is 2. The van der Waals surface area contributed by atoms with Crippen molar-refractivity contribution < 1.29 is 4.79 Å². The van der Waals surface area contributed by atoms with Crippen molar-refractivity contribution in [3.8, 4) is 12.3 Å². The van der Waals surface area contributed by atoms with Gasteiger partial charge in [0.15, 0.2) is 0 Å². The number of fused-ring (bicyclic) bond motifs is 1. The lowest BCUT2D eigenvalue weighted by atomic mass is 10.0. The summed E-state index contributed by atoms with van der Waals surface area (Å²) in [5, 5.41) is 0. The highest BCUT2D eigenvalue weighted by molar-refractivity contribution is 5.92. The first-order valence-corrected chi connectivity index (χ1v) is 7.83. The Morgan fingerprint density at radius 2 is 2.09 bits per heavy atom. The summed E-state index contributed by atoms with van der Waals surface area (Å²) in [6, 6.07) is 16.4. The molecule has 0 aliphatic heterocycles. The fourth-order valence-electron chi connectivity index (χ4n) is 3.36. The summed E-state index contributed by atoms with van der Waals surface area (Å²) in [6.07, 6.45) is 7.75. The molecule has 1 aliphatic carbocycles. The lowest BCUT2D eigenvalue weighted by Crippen LogP contribution is -2.27. The summed E-state index contributed by atoms with van der Waals surface area (Å²) in [7, 11) is 0. The summed E-state index contributed by atoms with van der Waals surface area (Å²) in [6.45, 7) is 1.30. The molecule has 0 saturated carbocycles. The molecule has 0 unspecified atom stereocenters. The Kier molecular flexibility index (Phi) is 4.45. The second-order valence-electron chi connectivity index (χ2n) is 5.93. The van der Waals surface area contributed by atoms with Crippen molar-refractivity contribution in [2.75, 3.05) is 6.54 Å². The van der Waals surface area contributed by atoms with E-state index < -0.39 is 5.91 Å². The lowest BCUT2D eigenvalue weighted by Gasteiger charge is -2.28. The van der Waals surface area contributed by atoms with Gasteiger partial charge in [-0.3, -0.25) is 9.69 Å². The molecule has 3 nitrogen and oxygen atoms in total. The number of rotatable bonds is 5. The number of hydrogen-bond acceptors (Lipinski definition) is 2. The molecule has 1 aliphatic rings. The topological polar surface area (TPSA) is 46.3 Å². The molecular weight excluding hydrogens is 284 g/mol. The van der Waals surface area contributed by atoms with E-state index in [1.54, 1.807) is 6.07 Å². The van der Waals surface area contributed by atoms with Crippen molar-refractivity contribution in [2.24, 2.45) is 5.73 Å². The van der Waals surface area contributed by atoms with E-state index in [0.29, 0.717) is 24.7 Å². The highest BCUT2D eigenvalue weighted by atomic mass is 16.1. The smallest absolute Gasteiger partial charge is 0.248 e. The zero-order chi connectivity index (χ0) is 16.2. The van der Waals surface area contributed by atoms with E-state index in [1.807, 2.05) is 18.2 Å². The summed E-state index contributed by atoms with van der Waals surface area (Å²) < 4.78 is 0. The first kappa shape index (κ1) is 15.3. The van der Waals surface area contributed by atoms with Crippen LogP contribution < -0.4 is 5.73 Å². The maximum atomic E-state index is 11.4. The van der Waals surface area contributed by atoms with Crippen LogP contribution in [0.3, 0.4) is 0 Å². The fraction of sp³-hybridized carbons (Fsp3) is 0.250. The number of carbonyl (C=O) groups excluding carboxylic acids is 1. The quantitative estimate of drug-likeness (QED) is 0.863. The average molecular weight is 304 g/mol. The minimum Gasteiger partial charge on any atom is -0.366 e. The van der Waals surface area contributed by atoms with E-state index in [1.165, 1.54) is 11.1 Å². The molecule has 116 valence electrons. The summed E-state index contributed by atoms with van der Waals surface area (Å²) >= 11 is 0. The minimum absolute atomic E-state index is 0.333. The van der Waals surface area contributed by atoms with Crippen molar-refractivity contribution in [1.29, 1.82) is 0 Å². The molecule has 3 heteroatoms. The first-order valence-electron chi connectivity index (χ1n) is 7.83. The van der Waals surface area contributed by atoms with E-state index in [9.17, 15) is 4.79 Å². The molecule has 0 heterocycles. The van der Waals surface area contributed by atoms with E-state index in [-0.39, 0.29) is 0 Å². The van der Waals surface area contributed by atoms with E-state index in [0.717, 1.165) is 18.4 Å². The molecule has 23 heavy (non-hydrogen) atoms. The zero-order valence-electron chi connectivity index (χ0n) is 13.0. The fourth-order valence-corrected chi connectivity index (χ4v) is 3.36. The van der Waals surface area contributed by atoms with Crippen LogP contribution in [0, 0.1) is 12.3 Å². The third-order valence-corrected chi connectivity index (χ3v) is 4.43. The van der Waals surface area contributed by atoms with Gasteiger partial charge in [-0.25, -0.2) is 0 Å². The minimum atomic E-state index is -0.401. The number of carbonyl (C=O) groups is 1. The highest BCUT2D eigenvalue weighted by Gasteiger charge is 2.27. The van der Waals surface area contributed by atoms with Crippen molar-refractivity contribution in [3.05, 3.63) is 70.8 Å². The van der Waals surface area contributed by atoms with Gasteiger partial charge >= 0.3 is 0 Å². The Hall–Kier alpha value is -2.57. The highest BCUT2D eigenvalue weighted by Crippen LogP contribution is 2.36. The largest absolute Gasteiger partial charge is 0.366 e. The molecular formula is C20H20N2O. The van der Waals surface area contributed by atoms with Gasteiger partial charge in [0.2, 0.25) is 5.91 Å². The maximum absolute atomic E-state index is 11.4. The molecule has 0 radical (unpaired) electrons. The van der Waals surface area contributed by atoms with Gasteiger partial charge in [0.25, 0.3) is 0 Å². The normalized spacial score (nSPS) is 16.1. The van der Waals surface area contributed by atoms with Crippen LogP contribution in [0.2, 0.25) is 0 Å². The monoisotopic (exact) mass is 304 g/mol. The number of terminal acetylenes is 1. The summed E-state index contributed by atoms with van der Waals surface area (Å²) in [5.74, 6) is 2.37. The summed E-state index contributed by atoms with van der Waals surface area (Å²) in [5.41, 5.74) is 9.74. The van der Waals surface area contributed by atoms with Crippen LogP contribution >= 0.6 is 0 Å². The van der Waals surface area contributed by atoms with Crippen LogP contribution in [0.5, 0.6) is 0 Å². The molecule has 0 fully saturated rings. The third-order valence-electron chi connectivity index (χ3n) is 4.43. The SMILES string of the molecule is C#CCN(Cc1cccc(C(N)=O)c1)[C@@H]1CCc2ccccc21. The molecule has 0 saturated heterocycles. The van der Waals surface area contributed by atoms with Crippen LogP contribution in [-0.4, -0.2) is 17.4 Å². The van der Waals surface area contributed by atoms with Gasteiger partial charge < -0.3 is 5.73 Å². The molecule has 2 N–H and O–H groups in total. The predicted molar refractivity (Wildman–Crippen MR) is 91.7 cm³/mol. The third kappa shape index (κ3) is 3.28. The number of nitrogens with zero attached hydrogens (tertiary/aromatic N) is 1. The van der Waals surface area contributed by atoms with Crippen molar-refractivity contribution in [2.45, 2.75) is 25.4 Å². The number of amides is 1. The second kappa shape index (κ2) is 6.68. The van der Waals surface area contributed by atoms with Crippen LogP contribution in [-0.2, 0) is 13.0 Å². The second-order valence-corrected chi connectivity index (χ2v) is 5.93. The lowest BCUT2D eigenvalue weighted by molar-refractivity contribution is 0.1000. The number of nitrogens with two attached hydrogens (primary N) is 1. The molecule has 2 aromatic carbocycles. The number of aryl methyl sites for hydroxylation is 1. The van der Waals surface area contributed by atoms with Gasteiger partial charge in [-0.1, -0.05) is 42.3 Å². The van der Waals surface area contributed by atoms with Gasteiger partial charge in [0.1, 0.15) is 0 Å². The van der Waals surface area contributed by atoms with Gasteiger partial charge in [0, 0.05) is 18.2 Å². The van der Waals surface area contributed by atoms with Crippen LogP contribution in [0.1, 0.15) is 39.5 Å². The van der Waals surface area contributed by atoms with E-state index >= 15 is 0 Å². The van der Waals surface area contributed by atoms with Gasteiger partial charge in [-0.2, -0.15) is 0 Å². The maximum Gasteiger partial charge on any atom is 0.248 e. The standard InChI is InChI=1S/C20H20N2O/c1-2-12-22(14-15-6-5-8-17(13-15)20(21)23)19-11-10-16-7-3-4-9-18(16)19/h1,3-9,13,19H,10-12,14H2,(H2,21,23)/t19-/m1/s1. The van der Waals surface area contributed by atoms with Crippen LogP contribution in [0.4, 0.5) is 0 Å². The van der Waals surface area contributed by atoms with Crippen LogP contribution in [0.15, 0.2) is 48.5 Å². The Bertz CT molecular complexity index is 760. The zero-order valence-corrected chi connectivity index (χ0v) is 13.0. The molecule has 0 aromatic heterocycles. The Labute approximate surface area is 137 Å². The van der Waals surface area contributed by atoms with Gasteiger partial charge in [-0.05, 0) is 41.7 Å². The summed E-state index contributed by atoms with van der Waals surface area (Å²) in [4.78, 5) is 13.7. The van der Waals surface area contributed by atoms with Crippen LogP contribution in [0.25, 0.3) is 0 Å². The number of primary amides is 1. The van der Waals surface area contributed by atoms with Crippen molar-refractivity contribution in [3.63, 3.8) is 0 Å². The van der Waals surface area contributed by atoms with Gasteiger partial charge in [0.05, 0.1) is 6.54 Å². The molecule has 1 atom stereocenters. The first-order chi connectivity index (χ1) is 11.2. The Balaban J connectivity index is 1.85. The van der Waals surface area contributed by atoms with E-state index in [4.69, 9.17) is 12.2 Å². The van der Waals surface area contributed by atoms with E-state index in [2.05, 4.69) is 35.1 Å². The average Bonchev–Trinajstić information content (AvgIpc) is 2.99. The molecule has 0 spiro atoms. The molecule has 0 bridgehead atoms. The van der Waals surface area contributed by atoms with Gasteiger partial charge in [-0.15, -0.1) is 6.42 Å².